The molecule has 0 fully saturated rings. The number of aromatic amines is 1. The van der Waals surface area contributed by atoms with Crippen molar-refractivity contribution in [3.05, 3.63) is 36.0 Å². The van der Waals surface area contributed by atoms with E-state index in [1.54, 1.807) is 0 Å². The maximum atomic E-state index is 11.5. The molecule has 1 aromatic heterocycles. The van der Waals surface area contributed by atoms with E-state index in [0.717, 1.165) is 16.6 Å². The lowest BCUT2D eigenvalue weighted by molar-refractivity contribution is -0.137. The summed E-state index contributed by atoms with van der Waals surface area (Å²) in [6, 6.07) is 9.58. The lowest BCUT2D eigenvalue weighted by Crippen LogP contribution is -2.35. The molecule has 1 aromatic carbocycles. The van der Waals surface area contributed by atoms with Crippen LogP contribution in [0.25, 0.3) is 10.9 Å². The number of hydrogen-bond donors (Lipinski definition) is 4. The molecule has 1 heterocycles. The normalized spacial score (nSPS) is 10.4. The number of aliphatic carboxylic acids is 1. The maximum absolute atomic E-state index is 11.5. The van der Waals surface area contributed by atoms with Crippen LogP contribution in [-0.4, -0.2) is 28.6 Å². The van der Waals surface area contributed by atoms with Crippen LogP contribution in [0, 0.1) is 0 Å². The number of aromatic nitrogens is 1. The van der Waals surface area contributed by atoms with Crippen molar-refractivity contribution in [1.29, 1.82) is 0 Å². The summed E-state index contributed by atoms with van der Waals surface area (Å²) in [4.78, 5) is 25.0. The van der Waals surface area contributed by atoms with Crippen molar-refractivity contribution in [3.63, 3.8) is 0 Å². The predicted molar refractivity (Wildman–Crippen MR) is 75.4 cm³/mol. The minimum absolute atomic E-state index is 0.0578. The molecule has 0 atom stereocenters. The number of nitrogens with one attached hydrogen (secondary N) is 3. The fourth-order valence-electron chi connectivity index (χ4n) is 1.91. The molecule has 2 amide bonds. The number of para-hydroxylation sites is 1. The Labute approximate surface area is 116 Å². The van der Waals surface area contributed by atoms with Gasteiger partial charge in [-0.15, -0.1) is 0 Å². The van der Waals surface area contributed by atoms with Gasteiger partial charge in [0.1, 0.15) is 0 Å². The zero-order valence-electron chi connectivity index (χ0n) is 11.0. The molecule has 0 unspecified atom stereocenters. The van der Waals surface area contributed by atoms with Crippen LogP contribution in [-0.2, 0) is 11.3 Å². The van der Waals surface area contributed by atoms with Gasteiger partial charge in [-0.3, -0.25) is 4.79 Å². The number of carbonyl (C=O) groups excluding carboxylic acids is 1. The molecule has 106 valence electrons. The molecule has 0 saturated heterocycles. The van der Waals surface area contributed by atoms with E-state index in [-0.39, 0.29) is 12.5 Å². The van der Waals surface area contributed by atoms with Crippen LogP contribution in [0.2, 0.25) is 0 Å². The molecular formula is C14H17N3O3. The molecule has 0 saturated carbocycles. The van der Waals surface area contributed by atoms with Crippen LogP contribution in [0.15, 0.2) is 30.3 Å². The van der Waals surface area contributed by atoms with Gasteiger partial charge in [0.05, 0.1) is 6.54 Å². The fraction of sp³-hybridized carbons (Fsp3) is 0.286. The van der Waals surface area contributed by atoms with Gasteiger partial charge in [-0.05, 0) is 23.9 Å². The van der Waals surface area contributed by atoms with E-state index < -0.39 is 5.97 Å². The number of urea groups is 1. The van der Waals surface area contributed by atoms with Crippen LogP contribution >= 0.6 is 0 Å². The zero-order valence-corrected chi connectivity index (χ0v) is 11.0. The average molecular weight is 275 g/mol. The van der Waals surface area contributed by atoms with E-state index in [4.69, 9.17) is 5.11 Å². The number of benzene rings is 1. The van der Waals surface area contributed by atoms with E-state index in [2.05, 4.69) is 15.6 Å². The summed E-state index contributed by atoms with van der Waals surface area (Å²) >= 11 is 0. The van der Waals surface area contributed by atoms with E-state index in [1.807, 2.05) is 30.3 Å². The Bertz CT molecular complexity index is 573. The fourth-order valence-corrected chi connectivity index (χ4v) is 1.91. The van der Waals surface area contributed by atoms with Crippen LogP contribution in [0.1, 0.15) is 18.5 Å². The van der Waals surface area contributed by atoms with Crippen molar-refractivity contribution in [3.8, 4) is 0 Å². The summed E-state index contributed by atoms with van der Waals surface area (Å²) < 4.78 is 0. The number of carboxylic acids is 1. The molecule has 2 aromatic rings. The van der Waals surface area contributed by atoms with E-state index in [1.165, 1.54) is 0 Å². The SMILES string of the molecule is O=C(O)CCCNC(=O)NCc1cc2ccccc2[nH]1. The monoisotopic (exact) mass is 275 g/mol. The number of fused-ring (bicyclic) bond motifs is 1. The van der Waals surface area contributed by atoms with Gasteiger partial charge in [-0.1, -0.05) is 18.2 Å². The molecule has 0 aliphatic carbocycles. The number of amides is 2. The summed E-state index contributed by atoms with van der Waals surface area (Å²) in [5.74, 6) is -0.856. The molecular weight excluding hydrogens is 258 g/mol. The van der Waals surface area contributed by atoms with Gasteiger partial charge in [-0.2, -0.15) is 0 Å². The van der Waals surface area contributed by atoms with Crippen molar-refractivity contribution in [2.75, 3.05) is 6.54 Å². The van der Waals surface area contributed by atoms with E-state index in [9.17, 15) is 9.59 Å². The molecule has 0 bridgehead atoms. The summed E-state index contributed by atoms with van der Waals surface area (Å²) in [5.41, 5.74) is 1.96. The molecule has 4 N–H and O–H groups in total. The summed E-state index contributed by atoms with van der Waals surface area (Å²) in [5, 5.41) is 14.9. The Hall–Kier alpha value is -2.50. The molecule has 0 radical (unpaired) electrons. The standard InChI is InChI=1S/C14H17N3O3/c18-13(19)6-3-7-15-14(20)16-9-11-8-10-4-1-2-5-12(10)17-11/h1-2,4-5,8,17H,3,6-7,9H2,(H,18,19)(H2,15,16,20). The first-order valence-electron chi connectivity index (χ1n) is 6.45. The van der Waals surface area contributed by atoms with Gasteiger partial charge in [0, 0.05) is 24.2 Å². The van der Waals surface area contributed by atoms with Gasteiger partial charge < -0.3 is 20.7 Å². The predicted octanol–water partition coefficient (Wildman–Crippen LogP) is 1.83. The number of carbonyl (C=O) groups is 2. The minimum Gasteiger partial charge on any atom is -0.481 e. The highest BCUT2D eigenvalue weighted by molar-refractivity contribution is 5.80. The molecule has 6 heteroatoms. The van der Waals surface area contributed by atoms with Gasteiger partial charge in [0.15, 0.2) is 0 Å². The largest absolute Gasteiger partial charge is 0.481 e. The lowest BCUT2D eigenvalue weighted by atomic mass is 10.2. The maximum Gasteiger partial charge on any atom is 0.315 e. The Morgan fingerprint density at radius 2 is 2.00 bits per heavy atom. The average Bonchev–Trinajstić information content (AvgIpc) is 2.84. The third kappa shape index (κ3) is 4.01. The summed E-state index contributed by atoms with van der Waals surface area (Å²) in [6.45, 7) is 0.754. The van der Waals surface area contributed by atoms with Crippen LogP contribution in [0.4, 0.5) is 4.79 Å². The van der Waals surface area contributed by atoms with Crippen molar-refractivity contribution in [2.24, 2.45) is 0 Å². The van der Waals surface area contributed by atoms with Crippen LogP contribution in [0.5, 0.6) is 0 Å². The number of rotatable bonds is 6. The van der Waals surface area contributed by atoms with Crippen LogP contribution < -0.4 is 10.6 Å². The van der Waals surface area contributed by atoms with Crippen LogP contribution in [0.3, 0.4) is 0 Å². The Morgan fingerprint density at radius 1 is 1.20 bits per heavy atom. The Morgan fingerprint density at radius 3 is 2.75 bits per heavy atom. The molecule has 0 spiro atoms. The van der Waals surface area contributed by atoms with E-state index in [0.29, 0.717) is 19.5 Å². The Balaban J connectivity index is 1.74. The third-order valence-corrected chi connectivity index (χ3v) is 2.88. The molecule has 2 rings (SSSR count). The topological polar surface area (TPSA) is 94.2 Å². The highest BCUT2D eigenvalue weighted by Gasteiger charge is 2.03. The summed E-state index contributed by atoms with van der Waals surface area (Å²) in [6.07, 6.45) is 0.484. The van der Waals surface area contributed by atoms with Gasteiger partial charge in [0.25, 0.3) is 0 Å². The highest BCUT2D eigenvalue weighted by Crippen LogP contribution is 2.14. The summed E-state index contributed by atoms with van der Waals surface area (Å²) in [7, 11) is 0. The van der Waals surface area contributed by atoms with Gasteiger partial charge in [-0.25, -0.2) is 4.79 Å². The number of H-pyrrole nitrogens is 1. The molecule has 0 aliphatic heterocycles. The second-order valence-electron chi connectivity index (χ2n) is 4.49. The Kier molecular flexibility index (Phi) is 4.60. The first-order valence-corrected chi connectivity index (χ1v) is 6.45. The van der Waals surface area contributed by atoms with Gasteiger partial charge in [0.2, 0.25) is 0 Å². The lowest BCUT2D eigenvalue weighted by Gasteiger charge is -2.05. The highest BCUT2D eigenvalue weighted by atomic mass is 16.4. The third-order valence-electron chi connectivity index (χ3n) is 2.88. The van der Waals surface area contributed by atoms with E-state index >= 15 is 0 Å². The van der Waals surface area contributed by atoms with Crippen molar-refractivity contribution in [2.45, 2.75) is 19.4 Å². The quantitative estimate of drug-likeness (QED) is 0.606. The van der Waals surface area contributed by atoms with Crippen molar-refractivity contribution >= 4 is 22.9 Å². The second-order valence-corrected chi connectivity index (χ2v) is 4.49. The molecule has 6 nitrogen and oxygen atoms in total. The minimum atomic E-state index is -0.856. The van der Waals surface area contributed by atoms with Crippen molar-refractivity contribution in [1.82, 2.24) is 15.6 Å². The smallest absolute Gasteiger partial charge is 0.315 e. The molecule has 20 heavy (non-hydrogen) atoms. The molecule has 0 aliphatic rings. The first-order chi connectivity index (χ1) is 9.65. The number of hydrogen-bond acceptors (Lipinski definition) is 2. The first kappa shape index (κ1) is 13.9. The van der Waals surface area contributed by atoms with Crippen molar-refractivity contribution < 1.29 is 14.7 Å². The second kappa shape index (κ2) is 6.60. The van der Waals surface area contributed by atoms with Gasteiger partial charge >= 0.3 is 12.0 Å². The zero-order chi connectivity index (χ0) is 14.4. The number of carboxylic acid groups (broad SMARTS) is 1.